The van der Waals surface area contributed by atoms with E-state index in [0.29, 0.717) is 65.7 Å². The van der Waals surface area contributed by atoms with Crippen molar-refractivity contribution in [2.45, 2.75) is 90.9 Å². The van der Waals surface area contributed by atoms with E-state index in [2.05, 4.69) is 6.92 Å². The number of hydrogen-bond donors (Lipinski definition) is 0. The summed E-state index contributed by atoms with van der Waals surface area (Å²) in [6.45, 7) is 8.29. The van der Waals surface area contributed by atoms with Gasteiger partial charge in [0.25, 0.3) is 0 Å². The van der Waals surface area contributed by atoms with Gasteiger partial charge in [0.2, 0.25) is 0 Å². The predicted molar refractivity (Wildman–Crippen MR) is 132 cm³/mol. The minimum atomic E-state index is -0.186. The minimum Gasteiger partial charge on any atom is -0.463 e. The van der Waals surface area contributed by atoms with Crippen molar-refractivity contribution in [1.82, 2.24) is 0 Å². The lowest BCUT2D eigenvalue weighted by Crippen LogP contribution is -2.15. The Morgan fingerprint density at radius 3 is 1.18 bits per heavy atom. The highest BCUT2D eigenvalue weighted by Gasteiger charge is 2.03. The Kier molecular flexibility index (Phi) is 27.0. The molecule has 0 heterocycles. The lowest BCUT2D eigenvalue weighted by molar-refractivity contribution is -0.146. The highest BCUT2D eigenvalue weighted by molar-refractivity contribution is 5.69. The van der Waals surface area contributed by atoms with Crippen LogP contribution >= 0.6 is 0 Å². The minimum absolute atomic E-state index is 0.138. The standard InChI is InChI=1S/C26H50O8/c1-3-5-6-7-8-9-10-11-12-14-26(28)34-24-22-32-20-18-30-16-15-29-17-19-31-21-23-33-25(27)13-4-2/h3-24H2,1-2H3. The third-order valence-corrected chi connectivity index (χ3v) is 5.04. The largest absolute Gasteiger partial charge is 0.463 e. The van der Waals surface area contributed by atoms with E-state index in [1.807, 2.05) is 6.92 Å². The fourth-order valence-corrected chi connectivity index (χ4v) is 3.12. The van der Waals surface area contributed by atoms with E-state index in [1.165, 1.54) is 44.9 Å². The summed E-state index contributed by atoms with van der Waals surface area (Å²) in [5.74, 6) is -0.324. The van der Waals surface area contributed by atoms with Gasteiger partial charge in [-0.3, -0.25) is 9.59 Å². The number of unbranched alkanes of at least 4 members (excludes halogenated alkanes) is 8. The molecule has 34 heavy (non-hydrogen) atoms. The molecule has 0 aliphatic carbocycles. The molecule has 0 N–H and O–H groups in total. The van der Waals surface area contributed by atoms with Crippen LogP contribution in [-0.2, 0) is 38.0 Å². The first-order valence-corrected chi connectivity index (χ1v) is 13.3. The zero-order valence-electron chi connectivity index (χ0n) is 21.8. The van der Waals surface area contributed by atoms with Crippen LogP contribution in [0.1, 0.15) is 90.9 Å². The highest BCUT2D eigenvalue weighted by atomic mass is 16.6. The molecule has 0 radical (unpaired) electrons. The maximum absolute atomic E-state index is 11.7. The topological polar surface area (TPSA) is 89.5 Å². The van der Waals surface area contributed by atoms with Crippen LogP contribution in [0.2, 0.25) is 0 Å². The van der Waals surface area contributed by atoms with Gasteiger partial charge in [0.05, 0.1) is 52.9 Å². The normalized spacial score (nSPS) is 11.0. The monoisotopic (exact) mass is 490 g/mol. The van der Waals surface area contributed by atoms with E-state index in [-0.39, 0.29) is 25.2 Å². The molecule has 0 spiro atoms. The Morgan fingerprint density at radius 2 is 0.765 bits per heavy atom. The summed E-state index contributed by atoms with van der Waals surface area (Å²) < 4.78 is 31.7. The summed E-state index contributed by atoms with van der Waals surface area (Å²) in [5.41, 5.74) is 0. The first-order chi connectivity index (χ1) is 16.7. The van der Waals surface area contributed by atoms with Crippen molar-refractivity contribution in [3.8, 4) is 0 Å². The average molecular weight is 491 g/mol. The molecule has 0 fully saturated rings. The first-order valence-electron chi connectivity index (χ1n) is 13.3. The summed E-state index contributed by atoms with van der Waals surface area (Å²) >= 11 is 0. The molecule has 0 aromatic heterocycles. The molecular weight excluding hydrogens is 440 g/mol. The molecule has 0 aromatic rings. The summed E-state index contributed by atoms with van der Waals surface area (Å²) in [6, 6.07) is 0. The van der Waals surface area contributed by atoms with E-state index in [1.54, 1.807) is 0 Å². The van der Waals surface area contributed by atoms with Gasteiger partial charge in [-0.05, 0) is 12.8 Å². The van der Waals surface area contributed by atoms with Crippen molar-refractivity contribution in [1.29, 1.82) is 0 Å². The smallest absolute Gasteiger partial charge is 0.305 e. The predicted octanol–water partition coefficient (Wildman–Crippen LogP) is 4.86. The lowest BCUT2D eigenvalue weighted by atomic mass is 10.1. The molecule has 8 nitrogen and oxygen atoms in total. The van der Waals surface area contributed by atoms with E-state index in [9.17, 15) is 9.59 Å². The summed E-state index contributed by atoms with van der Waals surface area (Å²) in [5, 5.41) is 0. The summed E-state index contributed by atoms with van der Waals surface area (Å²) in [6.07, 6.45) is 12.9. The first kappa shape index (κ1) is 32.8. The fraction of sp³-hybridized carbons (Fsp3) is 0.923. The second-order valence-corrected chi connectivity index (χ2v) is 8.22. The summed E-state index contributed by atoms with van der Waals surface area (Å²) in [7, 11) is 0. The molecule has 0 atom stereocenters. The molecule has 0 aliphatic rings. The van der Waals surface area contributed by atoms with Gasteiger partial charge in [-0.1, -0.05) is 65.2 Å². The van der Waals surface area contributed by atoms with Crippen molar-refractivity contribution in [2.75, 3.05) is 66.1 Å². The number of rotatable bonds is 27. The molecule has 0 saturated carbocycles. The maximum Gasteiger partial charge on any atom is 0.305 e. The van der Waals surface area contributed by atoms with Gasteiger partial charge in [-0.2, -0.15) is 0 Å². The van der Waals surface area contributed by atoms with Gasteiger partial charge in [0, 0.05) is 12.8 Å². The van der Waals surface area contributed by atoms with Gasteiger partial charge in [0.15, 0.2) is 0 Å². The zero-order chi connectivity index (χ0) is 25.0. The van der Waals surface area contributed by atoms with Gasteiger partial charge < -0.3 is 28.4 Å². The van der Waals surface area contributed by atoms with E-state index >= 15 is 0 Å². The van der Waals surface area contributed by atoms with Crippen LogP contribution in [0, 0.1) is 0 Å². The van der Waals surface area contributed by atoms with Crippen LogP contribution in [0.3, 0.4) is 0 Å². The lowest BCUT2D eigenvalue weighted by Gasteiger charge is -2.08. The molecule has 0 aromatic carbocycles. The second kappa shape index (κ2) is 28.0. The number of carbonyl (C=O) groups excluding carboxylic acids is 2. The van der Waals surface area contributed by atoms with Crippen LogP contribution in [-0.4, -0.2) is 78.0 Å². The third kappa shape index (κ3) is 27.0. The van der Waals surface area contributed by atoms with E-state index in [0.717, 1.165) is 19.3 Å². The molecule has 0 bridgehead atoms. The van der Waals surface area contributed by atoms with Gasteiger partial charge in [-0.15, -0.1) is 0 Å². The van der Waals surface area contributed by atoms with Gasteiger partial charge in [0.1, 0.15) is 13.2 Å². The van der Waals surface area contributed by atoms with Crippen LogP contribution in [0.15, 0.2) is 0 Å². The van der Waals surface area contributed by atoms with Gasteiger partial charge in [-0.25, -0.2) is 0 Å². The number of hydrogen-bond acceptors (Lipinski definition) is 8. The van der Waals surface area contributed by atoms with E-state index < -0.39 is 0 Å². The van der Waals surface area contributed by atoms with Gasteiger partial charge >= 0.3 is 11.9 Å². The van der Waals surface area contributed by atoms with Crippen molar-refractivity contribution < 1.29 is 38.0 Å². The Bertz CT molecular complexity index is 445. The van der Waals surface area contributed by atoms with Crippen LogP contribution in [0.5, 0.6) is 0 Å². The Labute approximate surface area is 207 Å². The van der Waals surface area contributed by atoms with Crippen molar-refractivity contribution in [3.05, 3.63) is 0 Å². The quantitative estimate of drug-likeness (QED) is 0.119. The molecule has 0 unspecified atom stereocenters. The van der Waals surface area contributed by atoms with Crippen molar-refractivity contribution in [2.24, 2.45) is 0 Å². The average Bonchev–Trinajstić information content (AvgIpc) is 2.83. The van der Waals surface area contributed by atoms with Crippen molar-refractivity contribution >= 4 is 11.9 Å². The molecule has 0 amide bonds. The molecule has 0 saturated heterocycles. The Balaban J connectivity index is 3.16. The molecule has 0 rings (SSSR count). The third-order valence-electron chi connectivity index (χ3n) is 5.04. The maximum atomic E-state index is 11.7. The number of ether oxygens (including phenoxy) is 6. The molecule has 0 aliphatic heterocycles. The Morgan fingerprint density at radius 1 is 0.412 bits per heavy atom. The van der Waals surface area contributed by atoms with Crippen LogP contribution < -0.4 is 0 Å². The Hall–Kier alpha value is -1.22. The molecular formula is C26H50O8. The fourth-order valence-electron chi connectivity index (χ4n) is 3.12. The summed E-state index contributed by atoms with van der Waals surface area (Å²) in [4.78, 5) is 22.8. The molecule has 8 heteroatoms. The van der Waals surface area contributed by atoms with Crippen LogP contribution in [0.25, 0.3) is 0 Å². The van der Waals surface area contributed by atoms with E-state index in [4.69, 9.17) is 28.4 Å². The highest BCUT2D eigenvalue weighted by Crippen LogP contribution is 2.10. The number of esters is 2. The van der Waals surface area contributed by atoms with Crippen LogP contribution in [0.4, 0.5) is 0 Å². The second-order valence-electron chi connectivity index (χ2n) is 8.22. The zero-order valence-corrected chi connectivity index (χ0v) is 21.8. The SMILES string of the molecule is CCCCCCCCCCCC(=O)OCCOCCOCCOCCOCCOC(=O)CCC. The number of carbonyl (C=O) groups is 2. The molecule has 202 valence electrons. The van der Waals surface area contributed by atoms with Crippen molar-refractivity contribution in [3.63, 3.8) is 0 Å².